The molecule has 2 aromatic carbocycles. The lowest BCUT2D eigenvalue weighted by molar-refractivity contribution is -0.124. The number of hydrogen-bond acceptors (Lipinski definition) is 4. The number of benzene rings is 2. The number of methoxy groups -OCH3 is 1. The van der Waals surface area contributed by atoms with Crippen molar-refractivity contribution in [2.24, 2.45) is 5.92 Å². The minimum atomic E-state index is -0.714. The first-order chi connectivity index (χ1) is 13.4. The first kappa shape index (κ1) is 21.2. The van der Waals surface area contributed by atoms with Crippen molar-refractivity contribution in [1.29, 1.82) is 0 Å². The smallest absolute Gasteiger partial charge is 0.251 e. The summed E-state index contributed by atoms with van der Waals surface area (Å²) in [5.74, 6) is 0.0409. The molecule has 0 saturated heterocycles. The van der Waals surface area contributed by atoms with Crippen LogP contribution in [-0.4, -0.2) is 38.1 Å². The summed E-state index contributed by atoms with van der Waals surface area (Å²) in [5.41, 5.74) is 0.293. The van der Waals surface area contributed by atoms with Crippen molar-refractivity contribution >= 4 is 11.8 Å². The summed E-state index contributed by atoms with van der Waals surface area (Å²) in [6.07, 6.45) is 0. The van der Waals surface area contributed by atoms with Gasteiger partial charge in [-0.3, -0.25) is 9.59 Å². The summed E-state index contributed by atoms with van der Waals surface area (Å²) in [4.78, 5) is 24.8. The van der Waals surface area contributed by atoms with Crippen molar-refractivity contribution in [3.63, 3.8) is 0 Å². The molecule has 2 amide bonds. The Morgan fingerprint density at radius 2 is 1.75 bits per heavy atom. The van der Waals surface area contributed by atoms with Crippen molar-refractivity contribution < 1.29 is 23.5 Å². The van der Waals surface area contributed by atoms with Gasteiger partial charge in [0.15, 0.2) is 0 Å². The second kappa shape index (κ2) is 10.3. The minimum absolute atomic E-state index is 0.122. The van der Waals surface area contributed by atoms with E-state index in [0.717, 1.165) is 0 Å². The fourth-order valence-electron chi connectivity index (χ4n) is 2.50. The maximum absolute atomic E-state index is 13.0. The van der Waals surface area contributed by atoms with E-state index in [1.54, 1.807) is 19.2 Å². The normalized spacial score (nSPS) is 11.6. The van der Waals surface area contributed by atoms with E-state index in [9.17, 15) is 14.0 Å². The third-order valence-electron chi connectivity index (χ3n) is 4.05. The molecule has 0 spiro atoms. The fourth-order valence-corrected chi connectivity index (χ4v) is 2.50. The second-order valence-electron chi connectivity index (χ2n) is 6.52. The van der Waals surface area contributed by atoms with E-state index in [-0.39, 0.29) is 25.0 Å². The van der Waals surface area contributed by atoms with Crippen LogP contribution < -0.4 is 20.1 Å². The number of rotatable bonds is 9. The zero-order valence-electron chi connectivity index (χ0n) is 16.2. The highest BCUT2D eigenvalue weighted by Crippen LogP contribution is 2.18. The number of carbonyl (C=O) groups excluding carboxylic acids is 2. The molecular weight excluding hydrogens is 363 g/mol. The van der Waals surface area contributed by atoms with E-state index in [2.05, 4.69) is 10.6 Å². The Morgan fingerprint density at radius 1 is 1.07 bits per heavy atom. The van der Waals surface area contributed by atoms with Crippen LogP contribution >= 0.6 is 0 Å². The van der Waals surface area contributed by atoms with Gasteiger partial charge in [-0.2, -0.15) is 0 Å². The quantitative estimate of drug-likeness (QED) is 0.648. The van der Waals surface area contributed by atoms with Gasteiger partial charge in [0.05, 0.1) is 13.7 Å². The van der Waals surface area contributed by atoms with Gasteiger partial charge in [0, 0.05) is 11.6 Å². The molecule has 1 atom stereocenters. The lowest BCUT2D eigenvalue weighted by Crippen LogP contribution is -2.50. The Labute approximate surface area is 164 Å². The van der Waals surface area contributed by atoms with Crippen molar-refractivity contribution in [2.75, 3.05) is 20.3 Å². The van der Waals surface area contributed by atoms with Crippen molar-refractivity contribution in [1.82, 2.24) is 10.6 Å². The standard InChI is InChI=1S/C21H25FN2O4/c1-14(2)19(24-20(25)15-7-9-16(22)10-8-15)21(26)23-11-12-28-18-6-4-5-17(13-18)27-3/h4-10,13-14,19H,11-12H2,1-3H3,(H,23,26)(H,24,25). The molecule has 0 aromatic heterocycles. The van der Waals surface area contributed by atoms with Crippen molar-refractivity contribution in [3.8, 4) is 11.5 Å². The van der Waals surface area contributed by atoms with Gasteiger partial charge >= 0.3 is 0 Å². The van der Waals surface area contributed by atoms with Gasteiger partial charge in [-0.15, -0.1) is 0 Å². The lowest BCUT2D eigenvalue weighted by Gasteiger charge is -2.22. The predicted molar refractivity (Wildman–Crippen MR) is 104 cm³/mol. The molecule has 1 unspecified atom stereocenters. The molecule has 2 rings (SSSR count). The minimum Gasteiger partial charge on any atom is -0.497 e. The molecule has 28 heavy (non-hydrogen) atoms. The molecule has 0 aliphatic rings. The number of carbonyl (C=O) groups is 2. The Kier molecular flexibility index (Phi) is 7.80. The Morgan fingerprint density at radius 3 is 2.39 bits per heavy atom. The molecule has 7 heteroatoms. The number of nitrogens with one attached hydrogen (secondary N) is 2. The van der Waals surface area contributed by atoms with E-state index < -0.39 is 17.8 Å². The van der Waals surface area contributed by atoms with Gasteiger partial charge in [0.2, 0.25) is 5.91 Å². The summed E-state index contributed by atoms with van der Waals surface area (Å²) in [5, 5.41) is 5.45. The Hall–Kier alpha value is -3.09. The fraction of sp³-hybridized carbons (Fsp3) is 0.333. The zero-order chi connectivity index (χ0) is 20.5. The van der Waals surface area contributed by atoms with Crippen LogP contribution in [0.4, 0.5) is 4.39 Å². The molecule has 6 nitrogen and oxygen atoms in total. The lowest BCUT2D eigenvalue weighted by atomic mass is 10.0. The molecule has 2 aromatic rings. The second-order valence-corrected chi connectivity index (χ2v) is 6.52. The highest BCUT2D eigenvalue weighted by molar-refractivity contribution is 5.97. The van der Waals surface area contributed by atoms with Gasteiger partial charge < -0.3 is 20.1 Å². The van der Waals surface area contributed by atoms with E-state index >= 15 is 0 Å². The monoisotopic (exact) mass is 388 g/mol. The summed E-state index contributed by atoms with van der Waals surface area (Å²) in [6.45, 7) is 4.23. The van der Waals surface area contributed by atoms with Crippen LogP contribution in [-0.2, 0) is 4.79 Å². The van der Waals surface area contributed by atoms with Crippen LogP contribution in [0.15, 0.2) is 48.5 Å². The molecule has 0 saturated carbocycles. The maximum atomic E-state index is 13.0. The SMILES string of the molecule is COc1cccc(OCCNC(=O)C(NC(=O)c2ccc(F)cc2)C(C)C)c1. The summed E-state index contributed by atoms with van der Waals surface area (Å²) < 4.78 is 23.7. The van der Waals surface area contributed by atoms with Crippen LogP contribution in [0.5, 0.6) is 11.5 Å². The van der Waals surface area contributed by atoms with Crippen LogP contribution in [0.1, 0.15) is 24.2 Å². The van der Waals surface area contributed by atoms with Crippen LogP contribution in [0.3, 0.4) is 0 Å². The molecule has 0 radical (unpaired) electrons. The third-order valence-corrected chi connectivity index (χ3v) is 4.05. The van der Waals surface area contributed by atoms with E-state index in [1.165, 1.54) is 24.3 Å². The third kappa shape index (κ3) is 6.26. The average molecular weight is 388 g/mol. The van der Waals surface area contributed by atoms with Crippen molar-refractivity contribution in [3.05, 3.63) is 59.9 Å². The first-order valence-corrected chi connectivity index (χ1v) is 9.01. The summed E-state index contributed by atoms with van der Waals surface area (Å²) in [7, 11) is 1.58. The van der Waals surface area contributed by atoms with Gasteiger partial charge in [0.1, 0.15) is 30.0 Å². The largest absolute Gasteiger partial charge is 0.497 e. The molecule has 2 N–H and O–H groups in total. The number of hydrogen-bond donors (Lipinski definition) is 2. The van der Waals surface area contributed by atoms with Crippen LogP contribution in [0.25, 0.3) is 0 Å². The predicted octanol–water partition coefficient (Wildman–Crippen LogP) is 2.78. The first-order valence-electron chi connectivity index (χ1n) is 9.01. The average Bonchev–Trinajstić information content (AvgIpc) is 2.69. The maximum Gasteiger partial charge on any atom is 0.251 e. The Bertz CT molecular complexity index is 793. The number of amides is 2. The molecule has 0 fully saturated rings. The van der Waals surface area contributed by atoms with Gasteiger partial charge in [-0.1, -0.05) is 19.9 Å². The molecule has 0 aliphatic heterocycles. The zero-order valence-corrected chi connectivity index (χ0v) is 16.2. The van der Waals surface area contributed by atoms with Gasteiger partial charge in [-0.05, 0) is 42.3 Å². The molecule has 0 heterocycles. The number of halogens is 1. The van der Waals surface area contributed by atoms with Crippen LogP contribution in [0.2, 0.25) is 0 Å². The van der Waals surface area contributed by atoms with E-state index in [1.807, 2.05) is 26.0 Å². The molecule has 150 valence electrons. The highest BCUT2D eigenvalue weighted by Gasteiger charge is 2.24. The van der Waals surface area contributed by atoms with Gasteiger partial charge in [0.25, 0.3) is 5.91 Å². The number of ether oxygens (including phenoxy) is 2. The molecule has 0 aliphatic carbocycles. The van der Waals surface area contributed by atoms with Gasteiger partial charge in [-0.25, -0.2) is 4.39 Å². The van der Waals surface area contributed by atoms with Crippen LogP contribution in [0, 0.1) is 11.7 Å². The highest BCUT2D eigenvalue weighted by atomic mass is 19.1. The van der Waals surface area contributed by atoms with E-state index in [4.69, 9.17) is 9.47 Å². The molecule has 0 bridgehead atoms. The summed E-state index contributed by atoms with van der Waals surface area (Å²) >= 11 is 0. The van der Waals surface area contributed by atoms with Crippen molar-refractivity contribution in [2.45, 2.75) is 19.9 Å². The van der Waals surface area contributed by atoms with E-state index in [0.29, 0.717) is 17.1 Å². The topological polar surface area (TPSA) is 76.7 Å². The molecular formula is C21H25FN2O4. The Balaban J connectivity index is 1.84. The summed E-state index contributed by atoms with van der Waals surface area (Å²) in [6, 6.07) is 11.6.